The number of hydrogen-bond acceptors (Lipinski definition) is 6. The van der Waals surface area contributed by atoms with Crippen LogP contribution in [0.15, 0.2) is 20.8 Å². The lowest BCUT2D eigenvalue weighted by molar-refractivity contribution is -0.149. The van der Waals surface area contributed by atoms with E-state index in [-0.39, 0.29) is 19.3 Å². The summed E-state index contributed by atoms with van der Waals surface area (Å²) in [7, 11) is 0. The number of H-pyrrole nitrogens is 1. The van der Waals surface area contributed by atoms with Gasteiger partial charge in [0.05, 0.1) is 18.3 Å². The maximum atomic E-state index is 12.0. The molecule has 2 aliphatic rings. The van der Waals surface area contributed by atoms with E-state index in [1.165, 1.54) is 21.8 Å². The highest BCUT2D eigenvalue weighted by atomic mass is 79.9. The summed E-state index contributed by atoms with van der Waals surface area (Å²) in [5, 5.41) is 10.2. The summed E-state index contributed by atoms with van der Waals surface area (Å²) in [5.41, 5.74) is -0.753. The first kappa shape index (κ1) is 17.6. The Balaban J connectivity index is 1.70. The molecule has 1 aromatic heterocycles. The van der Waals surface area contributed by atoms with Crippen LogP contribution in [0.5, 0.6) is 0 Å². The molecule has 1 aromatic rings. The summed E-state index contributed by atoms with van der Waals surface area (Å²) < 4.78 is 18.0. The molecule has 1 unspecified atom stereocenters. The smallest absolute Gasteiger partial charge is 0.330 e. The van der Waals surface area contributed by atoms with Gasteiger partial charge >= 0.3 is 5.69 Å². The quantitative estimate of drug-likeness (QED) is 0.751. The largest absolute Gasteiger partial charge is 0.390 e. The van der Waals surface area contributed by atoms with E-state index in [4.69, 9.17) is 14.2 Å². The number of aliphatic hydroxyl groups is 1. The van der Waals surface area contributed by atoms with E-state index >= 15 is 0 Å². The van der Waals surface area contributed by atoms with Crippen molar-refractivity contribution >= 4 is 22.0 Å². The second kappa shape index (κ2) is 7.75. The Morgan fingerprint density at radius 3 is 3.04 bits per heavy atom. The fourth-order valence-corrected chi connectivity index (χ4v) is 3.10. The maximum Gasteiger partial charge on any atom is 0.330 e. The van der Waals surface area contributed by atoms with Crippen LogP contribution in [0.1, 0.15) is 31.1 Å². The van der Waals surface area contributed by atoms with Crippen LogP contribution in [0.25, 0.3) is 6.08 Å². The molecule has 8 nitrogen and oxygen atoms in total. The highest BCUT2D eigenvalue weighted by molar-refractivity contribution is 9.11. The van der Waals surface area contributed by atoms with E-state index in [0.29, 0.717) is 12.2 Å². The van der Waals surface area contributed by atoms with Crippen LogP contribution in [-0.4, -0.2) is 46.4 Å². The fourth-order valence-electron chi connectivity index (χ4n) is 2.82. The third-order valence-corrected chi connectivity index (χ3v) is 4.35. The Morgan fingerprint density at radius 2 is 2.33 bits per heavy atom. The van der Waals surface area contributed by atoms with Gasteiger partial charge in [0.25, 0.3) is 5.56 Å². The maximum absolute atomic E-state index is 12.0. The van der Waals surface area contributed by atoms with Gasteiger partial charge in [0.2, 0.25) is 0 Å². The first-order valence-electron chi connectivity index (χ1n) is 7.77. The summed E-state index contributed by atoms with van der Waals surface area (Å²) in [6.07, 6.45) is 2.74. The van der Waals surface area contributed by atoms with Crippen molar-refractivity contribution < 1.29 is 19.3 Å². The van der Waals surface area contributed by atoms with E-state index in [2.05, 4.69) is 20.9 Å². The third kappa shape index (κ3) is 3.86. The Morgan fingerprint density at radius 1 is 1.50 bits per heavy atom. The number of aromatic amines is 1. The SMILES string of the molecule is O=c1[nH]c(=O)n([C@H]2C[C@H](O)[C@@H](COC3CCCO3)O2)cc1C=CBr. The Bertz CT molecular complexity index is 709. The van der Waals surface area contributed by atoms with Crippen molar-refractivity contribution in [3.63, 3.8) is 0 Å². The van der Waals surface area contributed by atoms with Crippen molar-refractivity contribution in [2.24, 2.45) is 0 Å². The Labute approximate surface area is 146 Å². The summed E-state index contributed by atoms with van der Waals surface area (Å²) in [4.78, 5) is 27.5. The molecule has 2 saturated heterocycles. The average molecular weight is 403 g/mol. The van der Waals surface area contributed by atoms with Gasteiger partial charge in [-0.2, -0.15) is 0 Å². The number of nitrogens with zero attached hydrogens (tertiary/aromatic N) is 1. The van der Waals surface area contributed by atoms with Crippen LogP contribution in [-0.2, 0) is 14.2 Å². The lowest BCUT2D eigenvalue weighted by Gasteiger charge is -2.18. The van der Waals surface area contributed by atoms with Crippen molar-refractivity contribution in [1.29, 1.82) is 0 Å². The molecule has 9 heteroatoms. The number of rotatable bonds is 5. The van der Waals surface area contributed by atoms with Crippen LogP contribution in [0, 0.1) is 0 Å². The number of nitrogens with one attached hydrogen (secondary N) is 1. The highest BCUT2D eigenvalue weighted by Gasteiger charge is 2.36. The molecule has 2 fully saturated rings. The van der Waals surface area contributed by atoms with Gasteiger partial charge < -0.3 is 19.3 Å². The third-order valence-electron chi connectivity index (χ3n) is 4.09. The number of halogens is 1. The normalized spacial score (nSPS) is 30.4. The number of aliphatic hydroxyl groups excluding tert-OH is 1. The molecule has 132 valence electrons. The summed E-state index contributed by atoms with van der Waals surface area (Å²) >= 11 is 3.10. The van der Waals surface area contributed by atoms with Gasteiger partial charge in [-0.1, -0.05) is 15.9 Å². The molecule has 4 atom stereocenters. The molecular weight excluding hydrogens is 384 g/mol. The van der Waals surface area contributed by atoms with E-state index in [1.807, 2.05) is 0 Å². The van der Waals surface area contributed by atoms with Gasteiger partial charge in [0, 0.05) is 25.6 Å². The van der Waals surface area contributed by atoms with Crippen molar-refractivity contribution in [2.45, 2.75) is 44.0 Å². The lowest BCUT2D eigenvalue weighted by atomic mass is 10.2. The molecule has 0 amide bonds. The van der Waals surface area contributed by atoms with E-state index in [0.717, 1.165) is 12.8 Å². The van der Waals surface area contributed by atoms with Crippen molar-refractivity contribution in [3.05, 3.63) is 37.6 Å². The average Bonchev–Trinajstić information content (AvgIpc) is 3.18. The molecule has 3 rings (SSSR count). The van der Waals surface area contributed by atoms with Crippen LogP contribution in [0.2, 0.25) is 0 Å². The number of aromatic nitrogens is 2. The van der Waals surface area contributed by atoms with Gasteiger partial charge in [-0.05, 0) is 17.5 Å². The minimum absolute atomic E-state index is 0.189. The molecule has 24 heavy (non-hydrogen) atoms. The van der Waals surface area contributed by atoms with Crippen LogP contribution in [0.3, 0.4) is 0 Å². The monoisotopic (exact) mass is 402 g/mol. The topological polar surface area (TPSA) is 103 Å². The second-order valence-electron chi connectivity index (χ2n) is 5.75. The molecule has 0 aromatic carbocycles. The van der Waals surface area contributed by atoms with Crippen LogP contribution >= 0.6 is 15.9 Å². The Kier molecular flexibility index (Phi) is 5.67. The molecule has 0 bridgehead atoms. The van der Waals surface area contributed by atoms with Gasteiger partial charge in [-0.25, -0.2) is 4.79 Å². The van der Waals surface area contributed by atoms with Gasteiger partial charge in [-0.15, -0.1) is 0 Å². The molecular formula is C15H19BrN2O6. The number of ether oxygens (including phenoxy) is 3. The Hall–Kier alpha value is -1.26. The van der Waals surface area contributed by atoms with Gasteiger partial charge in [-0.3, -0.25) is 14.3 Å². The lowest BCUT2D eigenvalue weighted by Crippen LogP contribution is -2.33. The first-order valence-corrected chi connectivity index (χ1v) is 8.69. The van der Waals surface area contributed by atoms with Gasteiger partial charge in [0.15, 0.2) is 6.29 Å². The zero-order valence-corrected chi connectivity index (χ0v) is 14.5. The molecule has 0 spiro atoms. The zero-order valence-electron chi connectivity index (χ0n) is 12.9. The van der Waals surface area contributed by atoms with Crippen LogP contribution < -0.4 is 11.2 Å². The zero-order chi connectivity index (χ0) is 17.1. The molecule has 0 radical (unpaired) electrons. The minimum Gasteiger partial charge on any atom is -0.390 e. The van der Waals surface area contributed by atoms with Crippen molar-refractivity contribution in [2.75, 3.05) is 13.2 Å². The second-order valence-corrected chi connectivity index (χ2v) is 6.28. The van der Waals surface area contributed by atoms with Crippen molar-refractivity contribution in [1.82, 2.24) is 9.55 Å². The molecule has 2 aliphatic heterocycles. The molecule has 3 heterocycles. The summed E-state index contributed by atoms with van der Waals surface area (Å²) in [6, 6.07) is 0. The van der Waals surface area contributed by atoms with E-state index in [9.17, 15) is 14.7 Å². The van der Waals surface area contributed by atoms with E-state index in [1.54, 1.807) is 0 Å². The summed E-state index contributed by atoms with van der Waals surface area (Å²) in [5.74, 6) is 0. The highest BCUT2D eigenvalue weighted by Crippen LogP contribution is 2.28. The van der Waals surface area contributed by atoms with Crippen molar-refractivity contribution in [3.8, 4) is 0 Å². The predicted molar refractivity (Wildman–Crippen MR) is 88.7 cm³/mol. The minimum atomic E-state index is -0.759. The first-order chi connectivity index (χ1) is 11.6. The molecule has 0 saturated carbocycles. The molecule has 2 N–H and O–H groups in total. The predicted octanol–water partition coefficient (Wildman–Crippen LogP) is 0.704. The summed E-state index contributed by atoms with van der Waals surface area (Å²) in [6.45, 7) is 0.868. The van der Waals surface area contributed by atoms with E-state index < -0.39 is 29.7 Å². The standard InChI is InChI=1S/C15H19BrN2O6/c16-4-3-9-7-18(15(21)17-14(9)20)12-6-10(19)11(24-12)8-23-13-2-1-5-22-13/h3-4,7,10-13,19H,1-2,5-6,8H2,(H,17,20,21)/t10-,11+,12+,13?/m0/s1. The fraction of sp³-hybridized carbons (Fsp3) is 0.600. The molecule has 0 aliphatic carbocycles. The number of hydrogen-bond donors (Lipinski definition) is 2. The van der Waals surface area contributed by atoms with Gasteiger partial charge in [0.1, 0.15) is 12.3 Å². The van der Waals surface area contributed by atoms with Crippen LogP contribution in [0.4, 0.5) is 0 Å².